The van der Waals surface area contributed by atoms with E-state index in [0.29, 0.717) is 21.7 Å². The van der Waals surface area contributed by atoms with Crippen LogP contribution in [0.3, 0.4) is 0 Å². The molecule has 1 amide bonds. The van der Waals surface area contributed by atoms with Crippen LogP contribution in [0.4, 0.5) is 4.79 Å². The Balaban J connectivity index is 1.59. The van der Waals surface area contributed by atoms with Gasteiger partial charge in [0, 0.05) is 17.5 Å². The molecule has 3 aromatic rings. The third-order valence-electron chi connectivity index (χ3n) is 4.72. The Morgan fingerprint density at radius 3 is 1.94 bits per heavy atom. The van der Waals surface area contributed by atoms with Gasteiger partial charge in [0.05, 0.1) is 0 Å². The second kappa shape index (κ2) is 10.2. The maximum Gasteiger partial charge on any atom is 0.425 e. The van der Waals surface area contributed by atoms with Crippen molar-refractivity contribution in [1.29, 1.82) is 0 Å². The fourth-order valence-corrected chi connectivity index (χ4v) is 3.00. The highest BCUT2D eigenvalue weighted by atomic mass is 16.6. The average Bonchev–Trinajstić information content (AvgIpc) is 2.81. The second-order valence-corrected chi connectivity index (χ2v) is 6.90. The molecular formula is C24H22N2O5. The van der Waals surface area contributed by atoms with E-state index >= 15 is 0 Å². The molecule has 0 fully saturated rings. The topological polar surface area (TPSA) is 110 Å². The number of ketones is 1. The molecule has 3 N–H and O–H groups in total. The molecule has 0 aliphatic rings. The first-order valence-corrected chi connectivity index (χ1v) is 9.62. The number of carboxylic acid groups (broad SMARTS) is 1. The summed E-state index contributed by atoms with van der Waals surface area (Å²) in [5.41, 5.74) is 2.47. The highest BCUT2D eigenvalue weighted by molar-refractivity contribution is 6.08. The van der Waals surface area contributed by atoms with Crippen LogP contribution in [0.1, 0.15) is 27.0 Å². The van der Waals surface area contributed by atoms with Gasteiger partial charge in [-0.15, -0.1) is 0 Å². The number of hydrazine groups is 1. The SMILES string of the molecule is NN(C(=O)OCc1ccc(C(=O)c2ccccc2)cc1)C(Cc1ccccc1)C(=O)O. The van der Waals surface area contributed by atoms with E-state index in [-0.39, 0.29) is 18.8 Å². The second-order valence-electron chi connectivity index (χ2n) is 6.90. The van der Waals surface area contributed by atoms with E-state index in [0.717, 1.165) is 5.56 Å². The number of amides is 1. The summed E-state index contributed by atoms with van der Waals surface area (Å²) in [5, 5.41) is 10.0. The van der Waals surface area contributed by atoms with Gasteiger partial charge in [0.2, 0.25) is 0 Å². The number of hydrogen-bond acceptors (Lipinski definition) is 5. The molecule has 3 rings (SSSR count). The predicted octanol–water partition coefficient (Wildman–Crippen LogP) is 3.43. The lowest BCUT2D eigenvalue weighted by Gasteiger charge is -2.23. The van der Waals surface area contributed by atoms with Crippen molar-refractivity contribution >= 4 is 17.8 Å². The van der Waals surface area contributed by atoms with Crippen molar-refractivity contribution in [1.82, 2.24) is 5.01 Å². The summed E-state index contributed by atoms with van der Waals surface area (Å²) in [7, 11) is 0. The van der Waals surface area contributed by atoms with Crippen molar-refractivity contribution in [2.45, 2.75) is 19.1 Å². The third-order valence-corrected chi connectivity index (χ3v) is 4.72. The molecule has 0 aromatic heterocycles. The number of carbonyl (C=O) groups is 3. The zero-order chi connectivity index (χ0) is 22.2. The molecule has 0 aliphatic heterocycles. The zero-order valence-electron chi connectivity index (χ0n) is 16.7. The largest absolute Gasteiger partial charge is 0.480 e. The Hall–Kier alpha value is -3.97. The number of nitrogens with zero attached hydrogens (tertiary/aromatic N) is 1. The van der Waals surface area contributed by atoms with Gasteiger partial charge in [-0.05, 0) is 11.1 Å². The van der Waals surface area contributed by atoms with Crippen LogP contribution in [0.15, 0.2) is 84.9 Å². The summed E-state index contributed by atoms with van der Waals surface area (Å²) >= 11 is 0. The van der Waals surface area contributed by atoms with Crippen LogP contribution in [0.25, 0.3) is 0 Å². The lowest BCUT2D eigenvalue weighted by molar-refractivity contribution is -0.142. The van der Waals surface area contributed by atoms with Crippen molar-refractivity contribution in [3.8, 4) is 0 Å². The minimum Gasteiger partial charge on any atom is -0.480 e. The minimum absolute atomic E-state index is 0.0536. The highest BCUT2D eigenvalue weighted by Crippen LogP contribution is 2.13. The Kier molecular flexibility index (Phi) is 7.13. The van der Waals surface area contributed by atoms with Crippen molar-refractivity contribution in [3.05, 3.63) is 107 Å². The first-order valence-electron chi connectivity index (χ1n) is 9.62. The molecule has 158 valence electrons. The summed E-state index contributed by atoms with van der Waals surface area (Å²) in [4.78, 5) is 36.3. The Bertz CT molecular complexity index is 1040. The highest BCUT2D eigenvalue weighted by Gasteiger charge is 2.29. The van der Waals surface area contributed by atoms with Gasteiger partial charge in [-0.3, -0.25) is 4.79 Å². The minimum atomic E-state index is -1.26. The van der Waals surface area contributed by atoms with Crippen LogP contribution in [0.2, 0.25) is 0 Å². The van der Waals surface area contributed by atoms with E-state index < -0.39 is 18.1 Å². The van der Waals surface area contributed by atoms with E-state index in [9.17, 15) is 19.5 Å². The van der Waals surface area contributed by atoms with Crippen molar-refractivity contribution < 1.29 is 24.2 Å². The molecule has 0 saturated heterocycles. The van der Waals surface area contributed by atoms with Crippen LogP contribution >= 0.6 is 0 Å². The Morgan fingerprint density at radius 2 is 1.35 bits per heavy atom. The number of ether oxygens (including phenoxy) is 1. The monoisotopic (exact) mass is 418 g/mol. The quantitative estimate of drug-likeness (QED) is 0.251. The van der Waals surface area contributed by atoms with Gasteiger partial charge in [-0.2, -0.15) is 0 Å². The van der Waals surface area contributed by atoms with Crippen LogP contribution in [-0.2, 0) is 22.6 Å². The maximum absolute atomic E-state index is 12.4. The van der Waals surface area contributed by atoms with Crippen molar-refractivity contribution in [2.24, 2.45) is 5.84 Å². The van der Waals surface area contributed by atoms with Gasteiger partial charge in [-0.25, -0.2) is 20.4 Å². The zero-order valence-corrected chi connectivity index (χ0v) is 16.7. The van der Waals surface area contributed by atoms with E-state index in [2.05, 4.69) is 0 Å². The molecule has 3 aromatic carbocycles. The number of aliphatic carboxylic acids is 1. The normalized spacial score (nSPS) is 11.4. The van der Waals surface area contributed by atoms with Crippen LogP contribution in [0, 0.1) is 0 Å². The molecule has 0 heterocycles. The maximum atomic E-state index is 12.4. The number of benzene rings is 3. The smallest absolute Gasteiger partial charge is 0.425 e. The van der Waals surface area contributed by atoms with Crippen LogP contribution in [-0.4, -0.2) is 34.0 Å². The molecule has 7 nitrogen and oxygen atoms in total. The Morgan fingerprint density at radius 1 is 0.806 bits per heavy atom. The Labute approximate surface area is 179 Å². The van der Waals surface area contributed by atoms with Crippen LogP contribution in [0.5, 0.6) is 0 Å². The first-order chi connectivity index (χ1) is 15.0. The fraction of sp³-hybridized carbons (Fsp3) is 0.125. The standard InChI is InChI=1S/C24H22N2O5/c25-26(21(23(28)29)15-17-7-3-1-4-8-17)24(30)31-16-18-11-13-20(14-12-18)22(27)19-9-5-2-6-10-19/h1-14,21H,15-16,25H2,(H,28,29). The molecule has 7 heteroatoms. The van der Waals surface area contributed by atoms with Gasteiger partial charge < -0.3 is 9.84 Å². The molecule has 0 bridgehead atoms. The molecule has 0 aliphatic carbocycles. The molecule has 31 heavy (non-hydrogen) atoms. The van der Waals surface area contributed by atoms with E-state index in [1.54, 1.807) is 72.8 Å². The average molecular weight is 418 g/mol. The molecule has 1 unspecified atom stereocenters. The lowest BCUT2D eigenvalue weighted by Crippen LogP contribution is -2.50. The molecule has 0 spiro atoms. The summed E-state index contributed by atoms with van der Waals surface area (Å²) in [6.45, 7) is -0.107. The van der Waals surface area contributed by atoms with Gasteiger partial charge in [0.15, 0.2) is 11.8 Å². The number of nitrogens with two attached hydrogens (primary N) is 1. The van der Waals surface area contributed by atoms with E-state index in [1.807, 2.05) is 12.1 Å². The van der Waals surface area contributed by atoms with E-state index in [4.69, 9.17) is 10.6 Å². The lowest BCUT2D eigenvalue weighted by atomic mass is 10.0. The van der Waals surface area contributed by atoms with Gasteiger partial charge >= 0.3 is 12.1 Å². The molecule has 1 atom stereocenters. The summed E-state index contributed by atoms with van der Waals surface area (Å²) in [5.74, 6) is 4.40. The first kappa shape index (κ1) is 21.7. The van der Waals surface area contributed by atoms with Gasteiger partial charge in [0.1, 0.15) is 6.61 Å². The predicted molar refractivity (Wildman–Crippen MR) is 114 cm³/mol. The van der Waals surface area contributed by atoms with Crippen molar-refractivity contribution in [3.63, 3.8) is 0 Å². The third kappa shape index (κ3) is 5.77. The number of carbonyl (C=O) groups excluding carboxylic acids is 2. The van der Waals surface area contributed by atoms with E-state index in [1.165, 1.54) is 0 Å². The summed E-state index contributed by atoms with van der Waals surface area (Å²) < 4.78 is 5.16. The molecular weight excluding hydrogens is 396 g/mol. The molecule has 0 saturated carbocycles. The van der Waals surface area contributed by atoms with Gasteiger partial charge in [0.25, 0.3) is 0 Å². The van der Waals surface area contributed by atoms with Gasteiger partial charge in [-0.1, -0.05) is 84.9 Å². The van der Waals surface area contributed by atoms with Crippen LogP contribution < -0.4 is 5.84 Å². The van der Waals surface area contributed by atoms with Crippen molar-refractivity contribution in [2.75, 3.05) is 0 Å². The number of rotatable bonds is 8. The summed E-state index contributed by atoms with van der Waals surface area (Å²) in [6.07, 6.45) is -0.898. The molecule has 0 radical (unpaired) electrons. The number of hydrogen-bond donors (Lipinski definition) is 2. The number of carboxylic acids is 1. The fourth-order valence-electron chi connectivity index (χ4n) is 3.00. The summed E-state index contributed by atoms with van der Waals surface area (Å²) in [6, 6.07) is 23.2.